The first-order chi connectivity index (χ1) is 24.1. The lowest BCUT2D eigenvalue weighted by atomic mass is 10.0. The number of amides is 3. The van der Waals surface area contributed by atoms with E-state index >= 15 is 0 Å². The lowest BCUT2D eigenvalue weighted by Gasteiger charge is -2.29. The van der Waals surface area contributed by atoms with Gasteiger partial charge in [-0.2, -0.15) is 0 Å². The van der Waals surface area contributed by atoms with Gasteiger partial charge in [0.05, 0.1) is 35.9 Å². The summed E-state index contributed by atoms with van der Waals surface area (Å²) in [5.41, 5.74) is 12.2. The molecule has 2 aromatic heterocycles. The van der Waals surface area contributed by atoms with Crippen LogP contribution < -0.4 is 5.73 Å². The van der Waals surface area contributed by atoms with Crippen LogP contribution in [0.15, 0.2) is 65.9 Å². The summed E-state index contributed by atoms with van der Waals surface area (Å²) < 4.78 is 5.16. The quantitative estimate of drug-likeness (QED) is 0.154. The first-order valence-electron chi connectivity index (χ1n) is 17.5. The predicted molar refractivity (Wildman–Crippen MR) is 192 cm³/mol. The van der Waals surface area contributed by atoms with E-state index < -0.39 is 12.2 Å². The molecular formula is C38H46N8O4. The molecule has 12 nitrogen and oxygen atoms in total. The Hall–Kier alpha value is -5.26. The number of carbonyl (C=O) groups is 3. The SMILES string of the molecule is CCC(C)=NCC(=O)N1CCC[C@H]1c1ncc(-c2ccc(-c3ccc(-c4cnc([C@@H]5CCCN5C(=O)[C@@H](OC(N)=O)C(C)C)[nH]4)cc3)cc2)[nH]1. The zero-order valence-corrected chi connectivity index (χ0v) is 29.2. The molecule has 2 saturated heterocycles. The molecule has 3 amide bonds. The normalized spacial score (nSPS) is 18.5. The summed E-state index contributed by atoms with van der Waals surface area (Å²) in [6.07, 6.45) is 6.03. The number of hydrogen-bond acceptors (Lipinski definition) is 7. The van der Waals surface area contributed by atoms with Crippen molar-refractivity contribution in [3.8, 4) is 33.6 Å². The molecular weight excluding hydrogens is 632 g/mol. The van der Waals surface area contributed by atoms with Gasteiger partial charge in [0.2, 0.25) is 5.91 Å². The number of nitrogens with zero attached hydrogens (tertiary/aromatic N) is 5. The van der Waals surface area contributed by atoms with E-state index in [1.165, 1.54) is 0 Å². The zero-order valence-electron chi connectivity index (χ0n) is 29.2. The van der Waals surface area contributed by atoms with Crippen LogP contribution in [0.4, 0.5) is 4.79 Å². The van der Waals surface area contributed by atoms with Crippen LogP contribution in [0.1, 0.15) is 83.5 Å². The second-order valence-electron chi connectivity index (χ2n) is 13.5. The van der Waals surface area contributed by atoms with E-state index in [-0.39, 0.29) is 36.4 Å². The average molecular weight is 679 g/mol. The van der Waals surface area contributed by atoms with Crippen LogP contribution in [0.2, 0.25) is 0 Å². The van der Waals surface area contributed by atoms with Crippen molar-refractivity contribution in [1.82, 2.24) is 29.7 Å². The Morgan fingerprint density at radius 1 is 0.840 bits per heavy atom. The molecule has 2 aliphatic rings. The fourth-order valence-electron chi connectivity index (χ4n) is 6.82. The molecule has 4 N–H and O–H groups in total. The molecule has 0 bridgehead atoms. The molecule has 50 heavy (non-hydrogen) atoms. The van der Waals surface area contributed by atoms with E-state index in [1.54, 1.807) is 11.1 Å². The van der Waals surface area contributed by atoms with Crippen molar-refractivity contribution in [2.24, 2.45) is 16.6 Å². The molecule has 4 heterocycles. The van der Waals surface area contributed by atoms with Gasteiger partial charge in [-0.25, -0.2) is 14.8 Å². The number of aromatic nitrogens is 4. The summed E-state index contributed by atoms with van der Waals surface area (Å²) in [5, 5.41) is 0. The van der Waals surface area contributed by atoms with Gasteiger partial charge in [-0.1, -0.05) is 69.3 Å². The predicted octanol–water partition coefficient (Wildman–Crippen LogP) is 6.45. The molecule has 0 unspecified atom stereocenters. The minimum atomic E-state index is -0.954. The lowest BCUT2D eigenvalue weighted by Crippen LogP contribution is -2.44. The molecule has 3 atom stereocenters. The molecule has 262 valence electrons. The molecule has 0 radical (unpaired) electrons. The third kappa shape index (κ3) is 7.49. The van der Waals surface area contributed by atoms with Crippen molar-refractivity contribution >= 4 is 23.6 Å². The van der Waals surface area contributed by atoms with E-state index in [4.69, 9.17) is 10.5 Å². The number of nitrogens with two attached hydrogens (primary N) is 1. The van der Waals surface area contributed by atoms with Crippen molar-refractivity contribution in [3.05, 3.63) is 72.6 Å². The fourth-order valence-corrected chi connectivity index (χ4v) is 6.82. The number of ether oxygens (including phenoxy) is 1. The van der Waals surface area contributed by atoms with E-state index in [2.05, 4.69) is 73.5 Å². The molecule has 2 fully saturated rings. The van der Waals surface area contributed by atoms with Gasteiger partial charge in [0, 0.05) is 18.8 Å². The van der Waals surface area contributed by atoms with Gasteiger partial charge in [0.1, 0.15) is 18.2 Å². The van der Waals surface area contributed by atoms with E-state index in [0.717, 1.165) is 83.8 Å². The molecule has 4 aromatic rings. The van der Waals surface area contributed by atoms with Crippen LogP contribution in [-0.2, 0) is 14.3 Å². The Bertz CT molecular complexity index is 1840. The summed E-state index contributed by atoms with van der Waals surface area (Å²) in [7, 11) is 0. The standard InChI is InChI=1S/C38H46N8O4/c1-5-24(4)40-22-33(47)45-18-6-8-31(45)35-41-20-29(43-35)27-14-10-25(11-15-27)26-12-16-28(17-13-26)30-21-42-36(44-30)32-9-7-19-46(32)37(48)34(23(2)3)50-38(39)49/h10-17,20-21,23,31-32,34H,5-9,18-19,22H2,1-4H3,(H2,39,49)(H,41,43)(H,42,44)/t31-,32-,34-/m0/s1. The Balaban J connectivity index is 1.10. The molecule has 2 aromatic carbocycles. The number of rotatable bonds is 11. The maximum atomic E-state index is 13.3. The van der Waals surface area contributed by atoms with Crippen LogP contribution in [0.3, 0.4) is 0 Å². The smallest absolute Gasteiger partial charge is 0.405 e. The number of nitrogens with one attached hydrogen (secondary N) is 2. The van der Waals surface area contributed by atoms with Crippen LogP contribution >= 0.6 is 0 Å². The van der Waals surface area contributed by atoms with E-state index in [1.807, 2.05) is 38.8 Å². The Labute approximate surface area is 292 Å². The number of hydrogen-bond donors (Lipinski definition) is 3. The Morgan fingerprint density at radius 3 is 1.80 bits per heavy atom. The van der Waals surface area contributed by atoms with Gasteiger partial charge < -0.3 is 30.2 Å². The second kappa shape index (κ2) is 15.1. The number of H-pyrrole nitrogens is 2. The molecule has 0 spiro atoms. The monoisotopic (exact) mass is 678 g/mol. The Morgan fingerprint density at radius 2 is 1.32 bits per heavy atom. The van der Waals surface area contributed by atoms with Gasteiger partial charge in [0.15, 0.2) is 6.10 Å². The van der Waals surface area contributed by atoms with Gasteiger partial charge in [0.25, 0.3) is 5.91 Å². The summed E-state index contributed by atoms with van der Waals surface area (Å²) >= 11 is 0. The van der Waals surface area contributed by atoms with Gasteiger partial charge in [-0.15, -0.1) is 0 Å². The number of primary amides is 1. The molecule has 12 heteroatoms. The molecule has 6 rings (SSSR count). The Kier molecular flexibility index (Phi) is 10.4. The number of aromatic amines is 2. The first kappa shape index (κ1) is 34.6. The first-order valence-corrected chi connectivity index (χ1v) is 17.5. The van der Waals surface area contributed by atoms with Crippen LogP contribution in [-0.4, -0.2) is 79.1 Å². The van der Waals surface area contributed by atoms with Crippen molar-refractivity contribution in [2.75, 3.05) is 19.6 Å². The highest BCUT2D eigenvalue weighted by atomic mass is 16.6. The maximum Gasteiger partial charge on any atom is 0.405 e. The van der Waals surface area contributed by atoms with Gasteiger partial charge >= 0.3 is 6.09 Å². The third-order valence-corrected chi connectivity index (χ3v) is 9.74. The minimum absolute atomic E-state index is 0.0441. The second-order valence-corrected chi connectivity index (χ2v) is 13.5. The molecule has 0 aliphatic carbocycles. The number of aliphatic imine (C=N–C) groups is 1. The number of imidazole rings is 2. The zero-order chi connectivity index (χ0) is 35.4. The van der Waals surface area contributed by atoms with E-state index in [9.17, 15) is 14.4 Å². The van der Waals surface area contributed by atoms with Crippen LogP contribution in [0, 0.1) is 5.92 Å². The maximum absolute atomic E-state index is 13.3. The average Bonchev–Trinajstić information content (AvgIpc) is 3.95. The van der Waals surface area contributed by atoms with Crippen molar-refractivity contribution in [2.45, 2.75) is 78.0 Å². The highest BCUT2D eigenvalue weighted by Gasteiger charge is 2.38. The van der Waals surface area contributed by atoms with Crippen molar-refractivity contribution in [3.63, 3.8) is 0 Å². The van der Waals surface area contributed by atoms with Crippen LogP contribution in [0.25, 0.3) is 33.6 Å². The number of benzene rings is 2. The van der Waals surface area contributed by atoms with Crippen molar-refractivity contribution < 1.29 is 19.1 Å². The highest BCUT2D eigenvalue weighted by Crippen LogP contribution is 2.35. The minimum Gasteiger partial charge on any atom is -0.436 e. The topological polar surface area (TPSA) is 163 Å². The number of carbonyl (C=O) groups excluding carboxylic acids is 3. The lowest BCUT2D eigenvalue weighted by molar-refractivity contribution is -0.143. The highest BCUT2D eigenvalue weighted by molar-refractivity contribution is 5.86. The van der Waals surface area contributed by atoms with Crippen molar-refractivity contribution in [1.29, 1.82) is 0 Å². The summed E-state index contributed by atoms with van der Waals surface area (Å²) in [5.74, 6) is 1.11. The largest absolute Gasteiger partial charge is 0.436 e. The van der Waals surface area contributed by atoms with E-state index in [0.29, 0.717) is 12.4 Å². The summed E-state index contributed by atoms with van der Waals surface area (Å²) in [6.45, 7) is 9.14. The molecule has 0 saturated carbocycles. The van der Waals surface area contributed by atoms with Crippen LogP contribution in [0.5, 0.6) is 0 Å². The summed E-state index contributed by atoms with van der Waals surface area (Å²) in [4.78, 5) is 61.9. The van der Waals surface area contributed by atoms with Gasteiger partial charge in [-0.3, -0.25) is 14.6 Å². The van der Waals surface area contributed by atoms with Gasteiger partial charge in [-0.05, 0) is 67.2 Å². The summed E-state index contributed by atoms with van der Waals surface area (Å²) in [6, 6.07) is 16.3. The third-order valence-electron chi connectivity index (χ3n) is 9.74. The number of likely N-dealkylation sites (tertiary alicyclic amines) is 2. The fraction of sp³-hybridized carbons (Fsp3) is 0.421. The molecule has 2 aliphatic heterocycles.